The Labute approximate surface area is 190 Å². The van der Waals surface area contributed by atoms with Crippen LogP contribution < -0.4 is 10.6 Å². The molecule has 0 spiro atoms. The van der Waals surface area contributed by atoms with Crippen LogP contribution in [0.1, 0.15) is 33.3 Å². The lowest BCUT2D eigenvalue weighted by Crippen LogP contribution is -2.54. The summed E-state index contributed by atoms with van der Waals surface area (Å²) in [5, 5.41) is 5.72. The van der Waals surface area contributed by atoms with E-state index in [1.807, 2.05) is 13.8 Å². The summed E-state index contributed by atoms with van der Waals surface area (Å²) in [6.07, 6.45) is -6.76. The van der Waals surface area contributed by atoms with Crippen LogP contribution in [-0.2, 0) is 29.9 Å². The number of halogens is 3. The number of para-hydroxylation sites is 1. The number of fused-ring (bicyclic) bond motifs is 1. The third-order valence-corrected chi connectivity index (χ3v) is 5.32. The van der Waals surface area contributed by atoms with Crippen LogP contribution in [-0.4, -0.2) is 61.4 Å². The minimum atomic E-state index is -4.52. The van der Waals surface area contributed by atoms with Gasteiger partial charge >= 0.3 is 6.18 Å². The van der Waals surface area contributed by atoms with Crippen LogP contribution in [0.2, 0.25) is 0 Å². The van der Waals surface area contributed by atoms with Crippen LogP contribution in [0.5, 0.6) is 0 Å². The first-order valence-electron chi connectivity index (χ1n) is 10.5. The van der Waals surface area contributed by atoms with Crippen molar-refractivity contribution >= 4 is 23.0 Å². The van der Waals surface area contributed by atoms with Gasteiger partial charge in [0.15, 0.2) is 17.2 Å². The summed E-state index contributed by atoms with van der Waals surface area (Å²) in [5.74, 6) is -0.876. The molecule has 32 heavy (non-hydrogen) atoms. The average molecular weight is 479 g/mol. The highest BCUT2D eigenvalue weighted by molar-refractivity contribution is 7.80. The zero-order valence-corrected chi connectivity index (χ0v) is 19.2. The lowest BCUT2D eigenvalue weighted by Gasteiger charge is -2.32. The third kappa shape index (κ3) is 5.89. The molecule has 1 aromatic rings. The Kier molecular flexibility index (Phi) is 8.00. The highest BCUT2D eigenvalue weighted by Crippen LogP contribution is 2.39. The molecule has 0 unspecified atom stereocenters. The first kappa shape index (κ1) is 25.1. The van der Waals surface area contributed by atoms with Crippen molar-refractivity contribution in [3.05, 3.63) is 29.8 Å². The van der Waals surface area contributed by atoms with E-state index in [9.17, 15) is 13.2 Å². The van der Waals surface area contributed by atoms with Gasteiger partial charge in [-0.25, -0.2) is 0 Å². The molecule has 5 atom stereocenters. The molecular formula is C21H29F3N2O5S. The molecule has 7 nitrogen and oxygen atoms in total. The number of benzene rings is 1. The summed E-state index contributed by atoms with van der Waals surface area (Å²) in [5.41, 5.74) is -0.963. The van der Waals surface area contributed by atoms with Gasteiger partial charge in [-0.3, -0.25) is 0 Å². The number of thiocarbonyl (C=S) groups is 1. The number of anilines is 1. The maximum Gasteiger partial charge on any atom is 0.418 e. The zero-order valence-electron chi connectivity index (χ0n) is 18.4. The Morgan fingerprint density at radius 2 is 1.91 bits per heavy atom. The summed E-state index contributed by atoms with van der Waals surface area (Å²) in [4.78, 5) is 0. The first-order valence-corrected chi connectivity index (χ1v) is 10.9. The number of hydrogen-bond donors (Lipinski definition) is 2. The summed E-state index contributed by atoms with van der Waals surface area (Å²) in [6.45, 7) is 8.44. The molecule has 0 amide bonds. The van der Waals surface area contributed by atoms with E-state index in [0.717, 1.165) is 6.07 Å². The normalized spacial score (nSPS) is 27.7. The highest BCUT2D eigenvalue weighted by atomic mass is 32.1. The Morgan fingerprint density at radius 3 is 2.56 bits per heavy atom. The molecule has 2 saturated heterocycles. The fraction of sp³-hybridized carbons (Fsp3) is 0.667. The first-order chi connectivity index (χ1) is 15.1. The Bertz CT molecular complexity index is 795. The predicted octanol–water partition coefficient (Wildman–Crippen LogP) is 3.68. The van der Waals surface area contributed by atoms with E-state index in [2.05, 4.69) is 10.6 Å². The van der Waals surface area contributed by atoms with Crippen LogP contribution in [0.3, 0.4) is 0 Å². The molecule has 11 heteroatoms. The van der Waals surface area contributed by atoms with Gasteiger partial charge in [-0.15, -0.1) is 0 Å². The quantitative estimate of drug-likeness (QED) is 0.549. The van der Waals surface area contributed by atoms with E-state index in [4.69, 9.17) is 35.9 Å². The third-order valence-electron chi connectivity index (χ3n) is 5.10. The molecule has 0 radical (unpaired) electrons. The minimum Gasteiger partial charge on any atom is -0.379 e. The van der Waals surface area contributed by atoms with E-state index < -0.39 is 48.2 Å². The smallest absolute Gasteiger partial charge is 0.379 e. The standard InChI is InChI=1S/C21H29F3N2O5S/c1-5-27-11-14(28-6-2)16-15(17-18(29-16)31-20(3,4)30-17)26-19(32)25-13-10-8-7-9-12(13)21(22,23)24/h7-10,14-18H,5-6,11H2,1-4H3,(H2,25,26,32)/t14-,15+,16-,17-,18-/m1/s1. The van der Waals surface area contributed by atoms with Gasteiger partial charge in [0, 0.05) is 13.2 Å². The summed E-state index contributed by atoms with van der Waals surface area (Å²) < 4.78 is 69.3. The van der Waals surface area contributed by atoms with E-state index in [0.29, 0.717) is 13.2 Å². The van der Waals surface area contributed by atoms with Crippen molar-refractivity contribution < 1.29 is 36.9 Å². The number of rotatable bonds is 8. The van der Waals surface area contributed by atoms with Crippen molar-refractivity contribution in [3.63, 3.8) is 0 Å². The molecule has 2 fully saturated rings. The fourth-order valence-corrected chi connectivity index (χ4v) is 4.10. The number of alkyl halides is 3. The zero-order chi connectivity index (χ0) is 23.5. The molecule has 0 bridgehead atoms. The van der Waals surface area contributed by atoms with Crippen molar-refractivity contribution in [2.45, 2.75) is 70.3 Å². The van der Waals surface area contributed by atoms with Gasteiger partial charge in [0.25, 0.3) is 0 Å². The molecule has 2 heterocycles. The van der Waals surface area contributed by atoms with Crippen molar-refractivity contribution in [3.8, 4) is 0 Å². The molecule has 2 N–H and O–H groups in total. The second kappa shape index (κ2) is 10.2. The van der Waals surface area contributed by atoms with Gasteiger partial charge in [-0.1, -0.05) is 12.1 Å². The molecule has 0 aliphatic carbocycles. The highest BCUT2D eigenvalue weighted by Gasteiger charge is 2.57. The molecule has 3 rings (SSSR count). The van der Waals surface area contributed by atoms with Gasteiger partial charge < -0.3 is 34.3 Å². The maximum atomic E-state index is 13.3. The van der Waals surface area contributed by atoms with Gasteiger partial charge in [0.1, 0.15) is 18.3 Å². The van der Waals surface area contributed by atoms with Gasteiger partial charge in [-0.2, -0.15) is 13.2 Å². The van der Waals surface area contributed by atoms with Crippen LogP contribution in [0.15, 0.2) is 24.3 Å². The van der Waals surface area contributed by atoms with E-state index >= 15 is 0 Å². The van der Waals surface area contributed by atoms with Crippen LogP contribution in [0.25, 0.3) is 0 Å². The number of nitrogens with one attached hydrogen (secondary N) is 2. The van der Waals surface area contributed by atoms with Gasteiger partial charge in [-0.05, 0) is 52.0 Å². The van der Waals surface area contributed by atoms with Crippen LogP contribution in [0, 0.1) is 0 Å². The fourth-order valence-electron chi connectivity index (χ4n) is 3.85. The lowest BCUT2D eigenvalue weighted by molar-refractivity contribution is -0.222. The van der Waals surface area contributed by atoms with Gasteiger partial charge in [0.2, 0.25) is 0 Å². The molecule has 0 saturated carbocycles. The molecule has 2 aliphatic rings. The molecule has 180 valence electrons. The Morgan fingerprint density at radius 1 is 1.19 bits per heavy atom. The minimum absolute atomic E-state index is 0.000847. The average Bonchev–Trinajstić information content (AvgIpc) is 3.17. The van der Waals surface area contributed by atoms with Crippen molar-refractivity contribution in [1.82, 2.24) is 5.32 Å². The van der Waals surface area contributed by atoms with Crippen LogP contribution in [0.4, 0.5) is 18.9 Å². The summed E-state index contributed by atoms with van der Waals surface area (Å²) in [6, 6.07) is 4.59. The van der Waals surface area contributed by atoms with Crippen molar-refractivity contribution in [2.24, 2.45) is 0 Å². The predicted molar refractivity (Wildman–Crippen MR) is 115 cm³/mol. The van der Waals surface area contributed by atoms with E-state index in [-0.39, 0.29) is 17.4 Å². The number of ether oxygens (including phenoxy) is 5. The molecular weight excluding hydrogens is 449 g/mol. The number of hydrogen-bond acceptors (Lipinski definition) is 6. The van der Waals surface area contributed by atoms with Crippen LogP contribution >= 0.6 is 12.2 Å². The largest absolute Gasteiger partial charge is 0.418 e. The molecule has 2 aliphatic heterocycles. The monoisotopic (exact) mass is 478 g/mol. The topological polar surface area (TPSA) is 70.2 Å². The Balaban J connectivity index is 1.79. The second-order valence-electron chi connectivity index (χ2n) is 7.89. The van der Waals surface area contributed by atoms with E-state index in [1.54, 1.807) is 13.8 Å². The molecule has 0 aromatic heterocycles. The van der Waals surface area contributed by atoms with Crippen molar-refractivity contribution in [1.29, 1.82) is 0 Å². The molecule has 1 aromatic carbocycles. The summed E-state index contributed by atoms with van der Waals surface area (Å²) >= 11 is 5.35. The van der Waals surface area contributed by atoms with Gasteiger partial charge in [0.05, 0.1) is 23.9 Å². The summed E-state index contributed by atoms with van der Waals surface area (Å²) in [7, 11) is 0. The van der Waals surface area contributed by atoms with Crippen molar-refractivity contribution in [2.75, 3.05) is 25.1 Å². The Hall–Kier alpha value is -1.50. The SMILES string of the molecule is CCOC[C@@H](OCC)[C@H]1O[C@@H]2OC(C)(C)O[C@@H]2[C@H]1NC(=S)Nc1ccccc1C(F)(F)F. The van der Waals surface area contributed by atoms with E-state index in [1.165, 1.54) is 18.2 Å². The lowest BCUT2D eigenvalue weighted by atomic mass is 10.0. The second-order valence-corrected chi connectivity index (χ2v) is 8.30. The maximum absolute atomic E-state index is 13.3.